The van der Waals surface area contributed by atoms with Crippen molar-refractivity contribution >= 4 is 12.8 Å². The molecule has 0 saturated carbocycles. The fourth-order valence-electron chi connectivity index (χ4n) is 0.618. The van der Waals surface area contributed by atoms with Gasteiger partial charge < -0.3 is 40.2 Å². The van der Waals surface area contributed by atoms with Gasteiger partial charge in [-0.05, 0) is 0 Å². The van der Waals surface area contributed by atoms with E-state index in [2.05, 4.69) is 0 Å². The summed E-state index contributed by atoms with van der Waals surface area (Å²) in [4.78, 5) is 18.1. The molecule has 0 aromatic heterocycles. The van der Waals surface area contributed by atoms with Crippen LogP contribution >= 0.6 is 0 Å². The Labute approximate surface area is 113 Å². The van der Waals surface area contributed by atoms with Gasteiger partial charge in [-0.25, -0.2) is 0 Å². The summed E-state index contributed by atoms with van der Waals surface area (Å²) in [5.41, 5.74) is 0. The molecule has 0 amide bonds. The first kappa shape index (κ1) is 21.2. The minimum absolute atomic E-state index is 0. The Bertz CT molecular complexity index is 178. The van der Waals surface area contributed by atoms with Gasteiger partial charge in [0.2, 0.25) is 0 Å². The molecule has 0 saturated heterocycles. The van der Waals surface area contributed by atoms with Gasteiger partial charge in [-0.3, -0.25) is 0 Å². The van der Waals surface area contributed by atoms with Crippen LogP contribution in [0.25, 0.3) is 0 Å². The number of hydrogen-bond acceptors (Lipinski definition) is 8. The van der Waals surface area contributed by atoms with Crippen molar-refractivity contribution in [2.75, 3.05) is 6.61 Å². The van der Waals surface area contributed by atoms with E-state index < -0.39 is 37.5 Å². The molecule has 0 aromatic rings. The number of hydrogen-bond donors (Lipinski definition) is 5. The number of carboxylic acid groups (broad SMARTS) is 1. The average Bonchev–Trinajstić information content (AvgIpc) is 2.25. The Morgan fingerprint density at radius 3 is 1.69 bits per heavy atom. The van der Waals surface area contributed by atoms with Crippen LogP contribution in [0.4, 0.5) is 0 Å². The van der Waals surface area contributed by atoms with Gasteiger partial charge >= 0.3 is 29.6 Å². The minimum Gasteiger partial charge on any atom is -0.554 e. The van der Waals surface area contributed by atoms with Crippen molar-refractivity contribution < 1.29 is 69.8 Å². The van der Waals surface area contributed by atoms with Gasteiger partial charge in [-0.2, -0.15) is 0 Å². The van der Waals surface area contributed by atoms with Crippen molar-refractivity contribution in [3.63, 3.8) is 0 Å². The Morgan fingerprint density at radius 2 is 1.44 bits per heavy atom. The topological polar surface area (TPSA) is 158 Å². The standard InChI is InChI=1S/C6H12O6.CH2O2.Na/c7-1-3(9)5(11)6(12)4(10)2-8;2-1-3;/h1,3-6,8-12H,2H2;1H,(H,2,3);/q;;+1/p-1. The molecule has 0 aliphatic heterocycles. The molecule has 0 bridgehead atoms. The van der Waals surface area contributed by atoms with Crippen molar-refractivity contribution in [1.29, 1.82) is 0 Å². The monoisotopic (exact) mass is 248 g/mol. The molecule has 4 unspecified atom stereocenters. The van der Waals surface area contributed by atoms with E-state index in [9.17, 15) is 4.79 Å². The smallest absolute Gasteiger partial charge is 0.554 e. The molecule has 0 aliphatic carbocycles. The quantitative estimate of drug-likeness (QED) is 0.237. The largest absolute Gasteiger partial charge is 1.00 e. The van der Waals surface area contributed by atoms with Gasteiger partial charge in [0.1, 0.15) is 24.4 Å². The van der Waals surface area contributed by atoms with Gasteiger partial charge in [0, 0.05) is 6.47 Å². The molecule has 0 fully saturated rings. The second kappa shape index (κ2) is 13.0. The van der Waals surface area contributed by atoms with Crippen LogP contribution in [-0.4, -0.2) is 69.3 Å². The molecule has 16 heavy (non-hydrogen) atoms. The van der Waals surface area contributed by atoms with Crippen molar-refractivity contribution in [3.8, 4) is 0 Å². The first-order chi connectivity index (χ1) is 6.95. The zero-order valence-electron chi connectivity index (χ0n) is 8.63. The molecule has 0 aromatic carbocycles. The summed E-state index contributed by atoms with van der Waals surface area (Å²) >= 11 is 0. The second-order valence-corrected chi connectivity index (χ2v) is 2.45. The van der Waals surface area contributed by atoms with Crippen LogP contribution in [-0.2, 0) is 9.59 Å². The Morgan fingerprint density at radius 1 is 1.06 bits per heavy atom. The van der Waals surface area contributed by atoms with Crippen LogP contribution in [0.5, 0.6) is 0 Å². The number of carbonyl (C=O) groups excluding carboxylic acids is 2. The first-order valence-corrected chi connectivity index (χ1v) is 3.80. The number of aldehydes is 1. The summed E-state index contributed by atoms with van der Waals surface area (Å²) in [6.45, 7) is -1.26. The summed E-state index contributed by atoms with van der Waals surface area (Å²) in [5, 5.41) is 51.8. The number of carbonyl (C=O) groups is 2. The molecule has 0 aliphatic rings. The van der Waals surface area contributed by atoms with Crippen LogP contribution in [0.2, 0.25) is 0 Å². The zero-order chi connectivity index (χ0) is 12.4. The maximum absolute atomic E-state index is 9.90. The van der Waals surface area contributed by atoms with E-state index in [1.54, 1.807) is 0 Å². The van der Waals surface area contributed by atoms with Crippen LogP contribution in [0.3, 0.4) is 0 Å². The third kappa shape index (κ3) is 9.19. The van der Waals surface area contributed by atoms with E-state index in [0.29, 0.717) is 0 Å². The molecule has 5 N–H and O–H groups in total. The average molecular weight is 248 g/mol. The van der Waals surface area contributed by atoms with Crippen LogP contribution in [0.1, 0.15) is 0 Å². The molecular formula is C7H13NaO8. The van der Waals surface area contributed by atoms with Crippen molar-refractivity contribution in [2.24, 2.45) is 0 Å². The summed E-state index contributed by atoms with van der Waals surface area (Å²) in [5.74, 6) is 0. The zero-order valence-corrected chi connectivity index (χ0v) is 10.6. The predicted octanol–water partition coefficient (Wildman–Crippen LogP) is -8.01. The van der Waals surface area contributed by atoms with Gasteiger partial charge in [0.25, 0.3) is 0 Å². The van der Waals surface area contributed by atoms with Crippen molar-refractivity contribution in [1.82, 2.24) is 0 Å². The third-order valence-electron chi connectivity index (χ3n) is 1.42. The molecule has 8 nitrogen and oxygen atoms in total. The maximum atomic E-state index is 9.90. The molecule has 0 heterocycles. The summed E-state index contributed by atoms with van der Waals surface area (Å²) in [6.07, 6.45) is -6.84. The Kier molecular flexibility index (Phi) is 17.3. The van der Waals surface area contributed by atoms with E-state index in [1.165, 1.54) is 0 Å². The number of aliphatic hydroxyl groups excluding tert-OH is 5. The van der Waals surface area contributed by atoms with Crippen LogP contribution in [0, 0.1) is 0 Å². The second-order valence-electron chi connectivity index (χ2n) is 2.45. The summed E-state index contributed by atoms with van der Waals surface area (Å²) in [6, 6.07) is 0. The maximum Gasteiger partial charge on any atom is 1.00 e. The van der Waals surface area contributed by atoms with E-state index in [1.807, 2.05) is 0 Å². The molecular weight excluding hydrogens is 235 g/mol. The molecule has 0 radical (unpaired) electrons. The Balaban J connectivity index is -0.000000377. The molecule has 4 atom stereocenters. The molecule has 0 spiro atoms. The summed E-state index contributed by atoms with van der Waals surface area (Å²) < 4.78 is 0. The van der Waals surface area contributed by atoms with Crippen LogP contribution in [0.15, 0.2) is 0 Å². The van der Waals surface area contributed by atoms with Gasteiger partial charge in [-0.1, -0.05) is 0 Å². The van der Waals surface area contributed by atoms with Gasteiger partial charge in [0.05, 0.1) is 6.61 Å². The van der Waals surface area contributed by atoms with E-state index in [4.69, 9.17) is 35.4 Å². The molecule has 90 valence electrons. The normalized spacial score (nSPS) is 16.6. The van der Waals surface area contributed by atoms with Crippen LogP contribution < -0.4 is 34.7 Å². The molecule has 9 heteroatoms. The number of aliphatic hydroxyl groups is 5. The van der Waals surface area contributed by atoms with E-state index in [0.717, 1.165) is 0 Å². The number of rotatable bonds is 5. The SMILES string of the molecule is O=CC(O)C(O)C(O)C(O)CO.O=C[O-].[Na+]. The van der Waals surface area contributed by atoms with Crippen molar-refractivity contribution in [3.05, 3.63) is 0 Å². The Hall–Kier alpha value is -0.0600. The first-order valence-electron chi connectivity index (χ1n) is 3.80. The predicted molar refractivity (Wildman–Crippen MR) is 43.2 cm³/mol. The fourth-order valence-corrected chi connectivity index (χ4v) is 0.618. The van der Waals surface area contributed by atoms with E-state index >= 15 is 0 Å². The summed E-state index contributed by atoms with van der Waals surface area (Å²) in [7, 11) is 0. The van der Waals surface area contributed by atoms with Gasteiger partial charge in [-0.15, -0.1) is 0 Å². The van der Waals surface area contributed by atoms with E-state index in [-0.39, 0.29) is 35.8 Å². The minimum atomic E-state index is -1.79. The van der Waals surface area contributed by atoms with Gasteiger partial charge in [0.15, 0.2) is 6.29 Å². The molecule has 0 rings (SSSR count). The third-order valence-corrected chi connectivity index (χ3v) is 1.42. The fraction of sp³-hybridized carbons (Fsp3) is 0.714. The van der Waals surface area contributed by atoms with Crippen molar-refractivity contribution in [2.45, 2.75) is 24.4 Å².